The number of aromatic nitrogens is 4. The molecule has 34 heavy (non-hydrogen) atoms. The van der Waals surface area contributed by atoms with E-state index in [-0.39, 0.29) is 23.4 Å². The highest BCUT2D eigenvalue weighted by atomic mass is 16.5. The lowest BCUT2D eigenvalue weighted by Gasteiger charge is -2.28. The molecule has 1 amide bonds. The van der Waals surface area contributed by atoms with Gasteiger partial charge in [0.15, 0.2) is 0 Å². The van der Waals surface area contributed by atoms with Gasteiger partial charge in [-0.25, -0.2) is 9.97 Å². The summed E-state index contributed by atoms with van der Waals surface area (Å²) in [5.41, 5.74) is 3.24. The number of nitrogens with one attached hydrogen (secondary N) is 2. The molecule has 0 spiro atoms. The average Bonchev–Trinajstić information content (AvgIpc) is 2.88. The van der Waals surface area contributed by atoms with E-state index in [1.54, 1.807) is 37.7 Å². The van der Waals surface area contributed by atoms with E-state index in [2.05, 4.69) is 25.6 Å². The Morgan fingerprint density at radius 2 is 1.97 bits per heavy atom. The maximum absolute atomic E-state index is 13.0. The summed E-state index contributed by atoms with van der Waals surface area (Å²) >= 11 is 0. The molecule has 0 unspecified atom stereocenters. The van der Waals surface area contributed by atoms with E-state index < -0.39 is 0 Å². The Morgan fingerprint density at radius 3 is 2.79 bits per heavy atom. The number of methoxy groups -OCH3 is 1. The lowest BCUT2D eigenvalue weighted by Crippen LogP contribution is -2.36. The number of carbonyl (C=O) groups is 1. The van der Waals surface area contributed by atoms with Crippen LogP contribution in [0, 0.1) is 5.92 Å². The molecule has 0 aromatic carbocycles. The number of ether oxygens (including phenoxy) is 1. The molecule has 4 aromatic heterocycles. The van der Waals surface area contributed by atoms with Crippen LogP contribution in [0.15, 0.2) is 59.7 Å². The van der Waals surface area contributed by atoms with Gasteiger partial charge in [0, 0.05) is 43.0 Å². The molecule has 1 aliphatic rings. The van der Waals surface area contributed by atoms with Crippen molar-refractivity contribution in [1.29, 1.82) is 0 Å². The molecule has 1 aliphatic carbocycles. The number of amides is 1. The quantitative estimate of drug-likeness (QED) is 0.457. The molecule has 0 radical (unpaired) electrons. The molecule has 4 heterocycles. The third kappa shape index (κ3) is 4.60. The Morgan fingerprint density at radius 1 is 1.12 bits per heavy atom. The Labute approximate surface area is 196 Å². The molecular formula is C25H26N6O3. The van der Waals surface area contributed by atoms with Crippen LogP contribution in [0.2, 0.25) is 0 Å². The van der Waals surface area contributed by atoms with Crippen LogP contribution in [0.3, 0.4) is 0 Å². The number of nitrogens with zero attached hydrogens (tertiary/aromatic N) is 4. The third-order valence-corrected chi connectivity index (χ3v) is 6.32. The molecular weight excluding hydrogens is 432 g/mol. The Hall–Kier alpha value is -3.85. The van der Waals surface area contributed by atoms with Crippen LogP contribution in [-0.2, 0) is 11.3 Å². The zero-order valence-electron chi connectivity index (χ0n) is 18.9. The summed E-state index contributed by atoms with van der Waals surface area (Å²) in [6.07, 6.45) is 6.73. The first-order valence-electron chi connectivity index (χ1n) is 11.4. The molecule has 2 N–H and O–H groups in total. The number of hydrogen-bond donors (Lipinski definition) is 2. The number of hydrogen-bond acceptors (Lipinski definition) is 7. The second kappa shape index (κ2) is 9.56. The van der Waals surface area contributed by atoms with Crippen molar-refractivity contribution in [2.75, 3.05) is 12.4 Å². The molecule has 1 saturated carbocycles. The first-order chi connectivity index (χ1) is 16.6. The largest absolute Gasteiger partial charge is 0.481 e. The summed E-state index contributed by atoms with van der Waals surface area (Å²) < 4.78 is 6.74. The summed E-state index contributed by atoms with van der Waals surface area (Å²) in [6.45, 7) is 0.526. The van der Waals surface area contributed by atoms with Gasteiger partial charge in [-0.2, -0.15) is 0 Å². The van der Waals surface area contributed by atoms with Gasteiger partial charge < -0.3 is 15.4 Å². The highest BCUT2D eigenvalue weighted by Crippen LogP contribution is 2.28. The molecule has 9 nitrogen and oxygen atoms in total. The van der Waals surface area contributed by atoms with Crippen LogP contribution < -0.4 is 20.9 Å². The standard InChI is InChI=1S/C25H26N6O3/c1-34-22-10-9-19-24(30-22)20(11-12-26-19)29-25(33)16-5-7-17(8-6-16)27-15-18-14-23(32)31-13-3-2-4-21(31)28-18/h2-4,9-14,16-17,27H,5-8,15H2,1H3,(H,26,29,33)/t16-,17-. The van der Waals surface area contributed by atoms with E-state index in [1.165, 1.54) is 4.40 Å². The van der Waals surface area contributed by atoms with E-state index in [9.17, 15) is 9.59 Å². The molecule has 5 rings (SSSR count). The van der Waals surface area contributed by atoms with Gasteiger partial charge >= 0.3 is 0 Å². The summed E-state index contributed by atoms with van der Waals surface area (Å²) in [5, 5.41) is 6.54. The molecule has 1 fully saturated rings. The fourth-order valence-corrected chi connectivity index (χ4v) is 4.46. The smallest absolute Gasteiger partial charge is 0.258 e. The highest BCUT2D eigenvalue weighted by molar-refractivity contribution is 6.00. The average molecular weight is 459 g/mol. The summed E-state index contributed by atoms with van der Waals surface area (Å²) in [4.78, 5) is 38.5. The van der Waals surface area contributed by atoms with E-state index in [0.29, 0.717) is 34.8 Å². The summed E-state index contributed by atoms with van der Waals surface area (Å²) in [7, 11) is 1.56. The van der Waals surface area contributed by atoms with Gasteiger partial charge in [-0.1, -0.05) is 6.07 Å². The van der Waals surface area contributed by atoms with Crippen LogP contribution in [0.1, 0.15) is 31.4 Å². The van der Waals surface area contributed by atoms with Crippen LogP contribution in [-0.4, -0.2) is 38.4 Å². The monoisotopic (exact) mass is 458 g/mol. The predicted octanol–water partition coefficient (Wildman–Crippen LogP) is 2.93. The van der Waals surface area contributed by atoms with Gasteiger partial charge in [-0.05, 0) is 49.9 Å². The van der Waals surface area contributed by atoms with E-state index in [1.807, 2.05) is 24.3 Å². The first-order valence-corrected chi connectivity index (χ1v) is 11.4. The summed E-state index contributed by atoms with van der Waals surface area (Å²) in [5.74, 6) is 0.418. The van der Waals surface area contributed by atoms with Crippen LogP contribution in [0.25, 0.3) is 16.7 Å². The Kier molecular flexibility index (Phi) is 6.18. The SMILES string of the molecule is COc1ccc2nccc(NC(=O)[C@H]3CC[C@H](NCc4cc(=O)n5ccccc5n4)CC3)c2n1. The molecule has 0 saturated heterocycles. The van der Waals surface area contributed by atoms with Gasteiger partial charge in [-0.3, -0.25) is 19.0 Å². The molecule has 4 aromatic rings. The Bertz CT molecular complexity index is 1390. The zero-order chi connectivity index (χ0) is 23.5. The topological polar surface area (TPSA) is 111 Å². The second-order valence-corrected chi connectivity index (χ2v) is 8.51. The first kappa shape index (κ1) is 22.0. The maximum atomic E-state index is 13.0. The maximum Gasteiger partial charge on any atom is 0.258 e. The van der Waals surface area contributed by atoms with Crippen molar-refractivity contribution in [3.63, 3.8) is 0 Å². The number of carbonyl (C=O) groups excluding carboxylic acids is 1. The highest BCUT2D eigenvalue weighted by Gasteiger charge is 2.26. The lowest BCUT2D eigenvalue weighted by atomic mass is 9.85. The van der Waals surface area contributed by atoms with Gasteiger partial charge in [-0.15, -0.1) is 0 Å². The Balaban J connectivity index is 1.18. The zero-order valence-corrected chi connectivity index (χ0v) is 18.9. The van der Waals surface area contributed by atoms with Crippen molar-refractivity contribution >= 4 is 28.3 Å². The van der Waals surface area contributed by atoms with E-state index >= 15 is 0 Å². The van der Waals surface area contributed by atoms with Crippen LogP contribution in [0.4, 0.5) is 5.69 Å². The normalized spacial score (nSPS) is 18.1. The van der Waals surface area contributed by atoms with Gasteiger partial charge in [0.05, 0.1) is 24.0 Å². The van der Waals surface area contributed by atoms with Crippen molar-refractivity contribution < 1.29 is 9.53 Å². The second-order valence-electron chi connectivity index (χ2n) is 8.51. The van der Waals surface area contributed by atoms with Gasteiger partial charge in [0.2, 0.25) is 11.8 Å². The van der Waals surface area contributed by atoms with E-state index in [0.717, 1.165) is 31.4 Å². The van der Waals surface area contributed by atoms with Crippen molar-refractivity contribution in [2.45, 2.75) is 38.3 Å². The van der Waals surface area contributed by atoms with Crippen molar-refractivity contribution in [2.24, 2.45) is 5.92 Å². The fourth-order valence-electron chi connectivity index (χ4n) is 4.46. The van der Waals surface area contributed by atoms with Crippen LogP contribution >= 0.6 is 0 Å². The lowest BCUT2D eigenvalue weighted by molar-refractivity contribution is -0.120. The molecule has 0 aliphatic heterocycles. The third-order valence-electron chi connectivity index (χ3n) is 6.32. The number of pyridine rings is 3. The van der Waals surface area contributed by atoms with Crippen molar-refractivity contribution in [3.8, 4) is 5.88 Å². The minimum atomic E-state index is -0.0847. The van der Waals surface area contributed by atoms with Gasteiger partial charge in [0.1, 0.15) is 11.2 Å². The molecule has 0 atom stereocenters. The van der Waals surface area contributed by atoms with Crippen molar-refractivity contribution in [3.05, 3.63) is 70.9 Å². The molecule has 9 heteroatoms. The predicted molar refractivity (Wildman–Crippen MR) is 129 cm³/mol. The molecule has 0 bridgehead atoms. The van der Waals surface area contributed by atoms with Crippen molar-refractivity contribution in [1.82, 2.24) is 24.7 Å². The number of rotatable bonds is 6. The fraction of sp³-hybridized carbons (Fsp3) is 0.320. The number of anilines is 1. The number of fused-ring (bicyclic) bond motifs is 2. The minimum Gasteiger partial charge on any atom is -0.481 e. The van der Waals surface area contributed by atoms with E-state index in [4.69, 9.17) is 4.74 Å². The summed E-state index contributed by atoms with van der Waals surface area (Å²) in [6, 6.07) is 12.7. The van der Waals surface area contributed by atoms with Crippen LogP contribution in [0.5, 0.6) is 5.88 Å². The minimum absolute atomic E-state index is 0.000197. The molecule has 174 valence electrons. The van der Waals surface area contributed by atoms with Gasteiger partial charge in [0.25, 0.3) is 5.56 Å².